The van der Waals surface area contributed by atoms with Crippen LogP contribution >= 0.6 is 0 Å². The van der Waals surface area contributed by atoms with Gasteiger partial charge in [0.15, 0.2) is 5.82 Å². The van der Waals surface area contributed by atoms with Crippen molar-refractivity contribution >= 4 is 22.9 Å². The highest BCUT2D eigenvalue weighted by Gasteiger charge is 2.23. The lowest BCUT2D eigenvalue weighted by Crippen LogP contribution is -2.15. The zero-order valence-electron chi connectivity index (χ0n) is 17.5. The summed E-state index contributed by atoms with van der Waals surface area (Å²) in [4.78, 5) is 15.7. The molecule has 0 unspecified atom stereocenters. The van der Waals surface area contributed by atoms with Gasteiger partial charge >= 0.3 is 0 Å². The van der Waals surface area contributed by atoms with E-state index in [0.29, 0.717) is 11.9 Å². The lowest BCUT2D eigenvalue weighted by molar-refractivity contribution is -0.114. The Kier molecular flexibility index (Phi) is 4.89. The maximum absolute atomic E-state index is 11.5. The number of aromatic nitrogens is 5. The third-order valence-corrected chi connectivity index (χ3v) is 5.93. The Morgan fingerprint density at radius 2 is 1.94 bits per heavy atom. The monoisotopic (exact) mass is 415 g/mol. The summed E-state index contributed by atoms with van der Waals surface area (Å²) >= 11 is 0. The molecule has 1 amide bonds. The van der Waals surface area contributed by atoms with Crippen LogP contribution in [0.3, 0.4) is 0 Å². The third kappa shape index (κ3) is 3.54. The molecule has 5 rings (SSSR count). The molecule has 3 aromatic heterocycles. The SMILES string of the molecule is CC(=O)Nc1cccc(-c2cc(-c3ccnn3C3CCCCC3)c3c(N)ncnn23)c1. The summed E-state index contributed by atoms with van der Waals surface area (Å²) in [5, 5.41) is 12.0. The highest BCUT2D eigenvalue weighted by molar-refractivity contribution is 5.92. The summed E-state index contributed by atoms with van der Waals surface area (Å²) in [7, 11) is 0. The normalized spacial score (nSPS) is 14.7. The van der Waals surface area contributed by atoms with Gasteiger partial charge in [0.2, 0.25) is 5.91 Å². The van der Waals surface area contributed by atoms with Crippen molar-refractivity contribution in [3.8, 4) is 22.5 Å². The number of anilines is 2. The zero-order chi connectivity index (χ0) is 21.4. The molecule has 3 N–H and O–H groups in total. The Hall–Kier alpha value is -3.68. The number of fused-ring (bicyclic) bond motifs is 1. The van der Waals surface area contributed by atoms with E-state index < -0.39 is 0 Å². The minimum absolute atomic E-state index is 0.110. The molecule has 8 nitrogen and oxygen atoms in total. The summed E-state index contributed by atoms with van der Waals surface area (Å²) in [6, 6.07) is 12.2. The number of nitrogens with two attached hydrogens (primary N) is 1. The van der Waals surface area contributed by atoms with Crippen LogP contribution in [-0.2, 0) is 4.79 Å². The van der Waals surface area contributed by atoms with Gasteiger partial charge in [-0.2, -0.15) is 10.2 Å². The quantitative estimate of drug-likeness (QED) is 0.517. The van der Waals surface area contributed by atoms with Crippen LogP contribution in [0.4, 0.5) is 11.5 Å². The van der Waals surface area contributed by atoms with Gasteiger partial charge in [-0.1, -0.05) is 31.4 Å². The largest absolute Gasteiger partial charge is 0.382 e. The van der Waals surface area contributed by atoms with Gasteiger partial charge in [0.1, 0.15) is 11.8 Å². The fourth-order valence-corrected chi connectivity index (χ4v) is 4.57. The molecule has 158 valence electrons. The van der Waals surface area contributed by atoms with Crippen LogP contribution < -0.4 is 11.1 Å². The first kappa shape index (κ1) is 19.3. The molecule has 1 fully saturated rings. The third-order valence-electron chi connectivity index (χ3n) is 5.93. The predicted octanol–water partition coefficient (Wildman–Crippen LogP) is 4.31. The average molecular weight is 416 g/mol. The molecule has 8 heteroatoms. The van der Waals surface area contributed by atoms with Crippen LogP contribution in [0.2, 0.25) is 0 Å². The van der Waals surface area contributed by atoms with Gasteiger partial charge in [-0.15, -0.1) is 0 Å². The molecule has 31 heavy (non-hydrogen) atoms. The molecule has 1 saturated carbocycles. The van der Waals surface area contributed by atoms with Crippen LogP contribution in [0.5, 0.6) is 0 Å². The molecular weight excluding hydrogens is 390 g/mol. The van der Waals surface area contributed by atoms with Gasteiger partial charge in [0.05, 0.1) is 17.4 Å². The molecule has 0 bridgehead atoms. The van der Waals surface area contributed by atoms with Gasteiger partial charge in [-0.05, 0) is 37.1 Å². The molecule has 0 atom stereocenters. The number of amides is 1. The molecule has 0 saturated heterocycles. The Morgan fingerprint density at radius 3 is 2.74 bits per heavy atom. The molecule has 1 aliphatic carbocycles. The lowest BCUT2D eigenvalue weighted by atomic mass is 9.95. The van der Waals surface area contributed by atoms with Crippen molar-refractivity contribution in [2.24, 2.45) is 0 Å². The molecule has 0 spiro atoms. The first-order valence-corrected chi connectivity index (χ1v) is 10.7. The summed E-state index contributed by atoms with van der Waals surface area (Å²) in [5.41, 5.74) is 11.6. The summed E-state index contributed by atoms with van der Waals surface area (Å²) in [5.74, 6) is 0.312. The number of benzene rings is 1. The van der Waals surface area contributed by atoms with Gasteiger partial charge in [0, 0.05) is 29.9 Å². The van der Waals surface area contributed by atoms with Gasteiger partial charge in [-0.25, -0.2) is 9.50 Å². The fraction of sp³-hybridized carbons (Fsp3) is 0.304. The smallest absolute Gasteiger partial charge is 0.221 e. The van der Waals surface area contributed by atoms with Gasteiger partial charge in [0.25, 0.3) is 0 Å². The number of carbonyl (C=O) groups excluding carboxylic acids is 1. The summed E-state index contributed by atoms with van der Waals surface area (Å²) < 4.78 is 3.96. The fourth-order valence-electron chi connectivity index (χ4n) is 4.57. The second kappa shape index (κ2) is 7.86. The Balaban J connectivity index is 1.67. The average Bonchev–Trinajstić information content (AvgIpc) is 3.40. The van der Waals surface area contributed by atoms with Crippen molar-refractivity contribution < 1.29 is 4.79 Å². The van der Waals surface area contributed by atoms with Crippen molar-refractivity contribution in [3.63, 3.8) is 0 Å². The van der Waals surface area contributed by atoms with Gasteiger partial charge < -0.3 is 11.1 Å². The van der Waals surface area contributed by atoms with Crippen LogP contribution in [0.25, 0.3) is 28.0 Å². The standard InChI is InChI=1S/C23H25N7O/c1-15(31)28-17-7-5-6-16(12-17)21-13-19(22-23(24)25-14-27-30(21)22)20-10-11-26-29(20)18-8-3-2-4-9-18/h5-7,10-14,18H,2-4,8-9H2,1H3,(H,28,31)(H2,24,25,27). The van der Waals surface area contributed by atoms with Crippen molar-refractivity contribution in [1.29, 1.82) is 0 Å². The highest BCUT2D eigenvalue weighted by atomic mass is 16.1. The molecular formula is C23H25N7O. The van der Waals surface area contributed by atoms with Crippen LogP contribution in [0.15, 0.2) is 48.9 Å². The predicted molar refractivity (Wildman–Crippen MR) is 120 cm³/mol. The van der Waals surface area contributed by atoms with E-state index in [2.05, 4.69) is 31.2 Å². The van der Waals surface area contributed by atoms with E-state index in [9.17, 15) is 4.79 Å². The Bertz CT molecular complexity index is 1250. The second-order valence-corrected chi connectivity index (χ2v) is 8.06. The number of hydrogen-bond acceptors (Lipinski definition) is 5. The number of carbonyl (C=O) groups is 1. The van der Waals surface area contributed by atoms with E-state index >= 15 is 0 Å². The maximum Gasteiger partial charge on any atom is 0.221 e. The molecule has 4 aromatic rings. The van der Waals surface area contributed by atoms with E-state index in [1.807, 2.05) is 41.0 Å². The second-order valence-electron chi connectivity index (χ2n) is 8.06. The van der Waals surface area contributed by atoms with E-state index in [0.717, 1.165) is 46.6 Å². The summed E-state index contributed by atoms with van der Waals surface area (Å²) in [6.07, 6.45) is 9.34. The van der Waals surface area contributed by atoms with E-state index in [4.69, 9.17) is 5.73 Å². The number of hydrogen-bond donors (Lipinski definition) is 2. The number of rotatable bonds is 4. The lowest BCUT2D eigenvalue weighted by Gasteiger charge is -2.23. The van der Waals surface area contributed by atoms with Crippen LogP contribution in [0, 0.1) is 0 Å². The minimum atomic E-state index is -0.110. The molecule has 1 aromatic carbocycles. The summed E-state index contributed by atoms with van der Waals surface area (Å²) in [6.45, 7) is 1.50. The highest BCUT2D eigenvalue weighted by Crippen LogP contribution is 2.38. The number of nitrogens with zero attached hydrogens (tertiary/aromatic N) is 5. The van der Waals surface area contributed by atoms with Crippen molar-refractivity contribution in [3.05, 3.63) is 48.9 Å². The van der Waals surface area contributed by atoms with Crippen molar-refractivity contribution in [2.75, 3.05) is 11.1 Å². The first-order valence-electron chi connectivity index (χ1n) is 10.7. The molecule has 0 radical (unpaired) electrons. The van der Waals surface area contributed by atoms with Crippen molar-refractivity contribution in [1.82, 2.24) is 24.4 Å². The Morgan fingerprint density at radius 1 is 1.10 bits per heavy atom. The molecule has 0 aliphatic heterocycles. The van der Waals surface area contributed by atoms with Gasteiger partial charge in [-0.3, -0.25) is 9.48 Å². The number of nitrogen functional groups attached to an aromatic ring is 1. The van der Waals surface area contributed by atoms with E-state index in [1.165, 1.54) is 32.5 Å². The molecule has 3 heterocycles. The maximum atomic E-state index is 11.5. The zero-order valence-corrected chi connectivity index (χ0v) is 17.5. The first-order chi connectivity index (χ1) is 15.1. The Labute approximate surface area is 180 Å². The minimum Gasteiger partial charge on any atom is -0.382 e. The van der Waals surface area contributed by atoms with E-state index in [1.54, 1.807) is 0 Å². The number of nitrogens with one attached hydrogen (secondary N) is 1. The van der Waals surface area contributed by atoms with E-state index in [-0.39, 0.29) is 5.91 Å². The van der Waals surface area contributed by atoms with Crippen molar-refractivity contribution in [2.45, 2.75) is 45.1 Å². The van der Waals surface area contributed by atoms with Crippen LogP contribution in [0.1, 0.15) is 45.1 Å². The van der Waals surface area contributed by atoms with Crippen LogP contribution in [-0.4, -0.2) is 30.3 Å². The molecule has 1 aliphatic rings. The topological polar surface area (TPSA) is 103 Å².